The number of benzene rings is 2. The van der Waals surface area contributed by atoms with Gasteiger partial charge in [0.25, 0.3) is 5.91 Å². The molecule has 0 aromatic heterocycles. The number of allylic oxidation sites excluding steroid dienone is 1. The summed E-state index contributed by atoms with van der Waals surface area (Å²) in [6.07, 6.45) is 3.07. The molecule has 2 aromatic rings. The van der Waals surface area contributed by atoms with Gasteiger partial charge in [-0.2, -0.15) is 0 Å². The number of nitrogens with zero attached hydrogens (tertiary/aromatic N) is 2. The summed E-state index contributed by atoms with van der Waals surface area (Å²) in [7, 11) is 3.81. The highest BCUT2D eigenvalue weighted by molar-refractivity contribution is 6.14. The standard InChI is InChI=1S/C27H32N2O5/c1-5-33-22-15-13-20(18-23(22)34-6-2)25-24(21(30)14-12-19-10-8-7-9-11-19)26(31)27(32)29(25)17-16-28(3)4/h7-15,18,25,31H,5-6,16-17H2,1-4H3. The van der Waals surface area contributed by atoms with E-state index in [0.717, 1.165) is 5.56 Å². The molecule has 1 heterocycles. The summed E-state index contributed by atoms with van der Waals surface area (Å²) in [5.41, 5.74) is 1.57. The van der Waals surface area contributed by atoms with Crippen molar-refractivity contribution in [3.05, 3.63) is 77.1 Å². The fraction of sp³-hybridized carbons (Fsp3) is 0.333. The molecular formula is C27H32N2O5. The molecule has 0 aliphatic carbocycles. The van der Waals surface area contributed by atoms with Gasteiger partial charge in [0.15, 0.2) is 23.0 Å². The Bertz CT molecular complexity index is 1080. The van der Waals surface area contributed by atoms with Gasteiger partial charge in [-0.05, 0) is 57.3 Å². The van der Waals surface area contributed by atoms with Gasteiger partial charge in [-0.25, -0.2) is 0 Å². The van der Waals surface area contributed by atoms with Crippen LogP contribution >= 0.6 is 0 Å². The number of aliphatic hydroxyl groups excluding tert-OH is 1. The Balaban J connectivity index is 2.04. The fourth-order valence-corrected chi connectivity index (χ4v) is 3.85. The van der Waals surface area contributed by atoms with Gasteiger partial charge in [0, 0.05) is 13.1 Å². The van der Waals surface area contributed by atoms with Crippen molar-refractivity contribution >= 4 is 17.8 Å². The lowest BCUT2D eigenvalue weighted by Gasteiger charge is -2.28. The van der Waals surface area contributed by atoms with E-state index in [1.807, 2.05) is 63.2 Å². The van der Waals surface area contributed by atoms with Gasteiger partial charge in [0.05, 0.1) is 24.8 Å². The van der Waals surface area contributed by atoms with Crippen LogP contribution in [0.5, 0.6) is 11.5 Å². The minimum Gasteiger partial charge on any atom is -0.503 e. The number of ether oxygens (including phenoxy) is 2. The van der Waals surface area contributed by atoms with Crippen LogP contribution < -0.4 is 9.47 Å². The van der Waals surface area contributed by atoms with Gasteiger partial charge in [-0.15, -0.1) is 0 Å². The van der Waals surface area contributed by atoms with Crippen LogP contribution in [0.3, 0.4) is 0 Å². The second-order valence-electron chi connectivity index (χ2n) is 8.15. The SMILES string of the molecule is CCOc1ccc(C2C(C(=O)C=Cc3ccccc3)=C(O)C(=O)N2CCN(C)C)cc1OCC. The molecule has 0 radical (unpaired) electrons. The van der Waals surface area contributed by atoms with Crippen LogP contribution in [-0.4, -0.2) is 67.0 Å². The highest BCUT2D eigenvalue weighted by atomic mass is 16.5. The topological polar surface area (TPSA) is 79.3 Å². The zero-order valence-corrected chi connectivity index (χ0v) is 20.2. The number of hydrogen-bond acceptors (Lipinski definition) is 6. The Kier molecular flexibility index (Phi) is 8.49. The molecule has 34 heavy (non-hydrogen) atoms. The molecule has 1 amide bonds. The first kappa shape index (κ1) is 25.1. The maximum Gasteiger partial charge on any atom is 0.290 e. The molecule has 1 atom stereocenters. The number of carbonyl (C=O) groups is 2. The summed E-state index contributed by atoms with van der Waals surface area (Å²) in [5.74, 6) is -0.380. The van der Waals surface area contributed by atoms with Crippen LogP contribution in [0.4, 0.5) is 0 Å². The first-order valence-electron chi connectivity index (χ1n) is 11.4. The predicted molar refractivity (Wildman–Crippen MR) is 132 cm³/mol. The molecule has 3 rings (SSSR count). The van der Waals surface area contributed by atoms with E-state index in [1.165, 1.54) is 11.0 Å². The Morgan fingerprint density at radius 2 is 1.74 bits per heavy atom. The van der Waals surface area contributed by atoms with Crippen molar-refractivity contribution in [2.45, 2.75) is 19.9 Å². The third-order valence-electron chi connectivity index (χ3n) is 5.47. The second kappa shape index (κ2) is 11.5. The third kappa shape index (κ3) is 5.66. The zero-order chi connectivity index (χ0) is 24.7. The van der Waals surface area contributed by atoms with Gasteiger partial charge < -0.3 is 24.4 Å². The summed E-state index contributed by atoms with van der Waals surface area (Å²) >= 11 is 0. The van der Waals surface area contributed by atoms with Gasteiger partial charge in [-0.3, -0.25) is 9.59 Å². The van der Waals surface area contributed by atoms with Crippen LogP contribution in [0, 0.1) is 0 Å². The number of rotatable bonds is 11. The second-order valence-corrected chi connectivity index (χ2v) is 8.15. The minimum absolute atomic E-state index is 0.0579. The molecule has 1 aliphatic heterocycles. The smallest absolute Gasteiger partial charge is 0.290 e. The number of hydrogen-bond donors (Lipinski definition) is 1. The molecule has 2 aromatic carbocycles. The van der Waals surface area contributed by atoms with E-state index in [-0.39, 0.29) is 5.57 Å². The first-order valence-corrected chi connectivity index (χ1v) is 11.4. The first-order chi connectivity index (χ1) is 16.4. The summed E-state index contributed by atoms with van der Waals surface area (Å²) in [6.45, 7) is 5.59. The van der Waals surface area contributed by atoms with Crippen LogP contribution in [0.15, 0.2) is 65.9 Å². The van der Waals surface area contributed by atoms with E-state index in [4.69, 9.17) is 9.47 Å². The van der Waals surface area contributed by atoms with Gasteiger partial charge in [0.1, 0.15) is 0 Å². The van der Waals surface area contributed by atoms with Crippen molar-refractivity contribution in [1.82, 2.24) is 9.80 Å². The molecule has 0 spiro atoms. The van der Waals surface area contributed by atoms with Crippen LogP contribution in [0.25, 0.3) is 6.08 Å². The molecule has 1 aliphatic rings. The number of carbonyl (C=O) groups excluding carboxylic acids is 2. The van der Waals surface area contributed by atoms with Crippen molar-refractivity contribution in [3.63, 3.8) is 0 Å². The molecule has 1 N–H and O–H groups in total. The summed E-state index contributed by atoms with van der Waals surface area (Å²) in [4.78, 5) is 29.8. The van der Waals surface area contributed by atoms with Crippen molar-refractivity contribution in [1.29, 1.82) is 0 Å². The van der Waals surface area contributed by atoms with Gasteiger partial charge in [-0.1, -0.05) is 42.5 Å². The Hall–Kier alpha value is -3.58. The molecule has 0 saturated carbocycles. The maximum absolute atomic E-state index is 13.3. The normalized spacial score (nSPS) is 16.1. The van der Waals surface area contributed by atoms with Crippen molar-refractivity contribution in [2.75, 3.05) is 40.4 Å². The lowest BCUT2D eigenvalue weighted by Crippen LogP contribution is -2.36. The predicted octanol–water partition coefficient (Wildman–Crippen LogP) is 4.02. The number of aliphatic hydroxyl groups is 1. The lowest BCUT2D eigenvalue weighted by molar-refractivity contribution is -0.129. The van der Waals surface area contributed by atoms with E-state index >= 15 is 0 Å². The molecular weight excluding hydrogens is 432 g/mol. The van der Waals surface area contributed by atoms with Crippen LogP contribution in [0.1, 0.15) is 31.0 Å². The molecule has 1 unspecified atom stereocenters. The summed E-state index contributed by atoms with van der Waals surface area (Å²) < 4.78 is 11.4. The van der Waals surface area contributed by atoms with Gasteiger partial charge >= 0.3 is 0 Å². The number of ketones is 1. The van der Waals surface area contributed by atoms with E-state index in [9.17, 15) is 14.7 Å². The van der Waals surface area contributed by atoms with Crippen molar-refractivity contribution in [2.24, 2.45) is 0 Å². The van der Waals surface area contributed by atoms with E-state index in [1.54, 1.807) is 24.3 Å². The largest absolute Gasteiger partial charge is 0.503 e. The Morgan fingerprint density at radius 3 is 2.38 bits per heavy atom. The van der Waals surface area contributed by atoms with Gasteiger partial charge in [0.2, 0.25) is 0 Å². The summed E-state index contributed by atoms with van der Waals surface area (Å²) in [5, 5.41) is 10.8. The van der Waals surface area contributed by atoms with E-state index in [2.05, 4.69) is 0 Å². The maximum atomic E-state index is 13.3. The monoisotopic (exact) mass is 464 g/mol. The molecule has 0 fully saturated rings. The minimum atomic E-state index is -0.741. The quantitative estimate of drug-likeness (QED) is 0.506. The highest BCUT2D eigenvalue weighted by Gasteiger charge is 2.43. The van der Waals surface area contributed by atoms with Crippen molar-refractivity contribution < 1.29 is 24.2 Å². The van der Waals surface area contributed by atoms with E-state index in [0.29, 0.717) is 43.4 Å². The fourth-order valence-electron chi connectivity index (χ4n) is 3.85. The Labute approximate surface area is 200 Å². The lowest BCUT2D eigenvalue weighted by atomic mass is 9.95. The zero-order valence-electron chi connectivity index (χ0n) is 20.2. The van der Waals surface area contributed by atoms with E-state index < -0.39 is 23.5 Å². The third-order valence-corrected chi connectivity index (χ3v) is 5.47. The molecule has 0 saturated heterocycles. The van der Waals surface area contributed by atoms with Crippen molar-refractivity contribution in [3.8, 4) is 11.5 Å². The molecule has 7 nitrogen and oxygen atoms in total. The molecule has 180 valence electrons. The molecule has 0 bridgehead atoms. The summed E-state index contributed by atoms with van der Waals surface area (Å²) in [6, 6.07) is 14.0. The average molecular weight is 465 g/mol. The average Bonchev–Trinajstić information content (AvgIpc) is 3.08. The molecule has 7 heteroatoms. The highest BCUT2D eigenvalue weighted by Crippen LogP contribution is 2.41. The Morgan fingerprint density at radius 1 is 1.06 bits per heavy atom. The number of likely N-dealkylation sites (N-methyl/N-ethyl adjacent to an activating group) is 1. The van der Waals surface area contributed by atoms with Crippen LogP contribution in [-0.2, 0) is 9.59 Å². The number of amides is 1. The van der Waals surface area contributed by atoms with Crippen LogP contribution in [0.2, 0.25) is 0 Å².